The Labute approximate surface area is 124 Å². The molecule has 0 unspecified atom stereocenters. The Bertz CT molecular complexity index is 465. The van der Waals surface area contributed by atoms with Gasteiger partial charge in [-0.3, -0.25) is 5.32 Å². The molecule has 0 aliphatic carbocycles. The van der Waals surface area contributed by atoms with E-state index in [1.54, 1.807) is 12.1 Å². The molecule has 120 valence electrons. The van der Waals surface area contributed by atoms with Crippen molar-refractivity contribution in [2.24, 2.45) is 0 Å². The number of carbonyl (C=O) groups is 1. The molecule has 0 saturated carbocycles. The number of aryl methyl sites for hydroxylation is 1. The summed E-state index contributed by atoms with van der Waals surface area (Å²) in [6.45, 7) is 0.241. The van der Waals surface area contributed by atoms with E-state index in [9.17, 15) is 23.1 Å². The van der Waals surface area contributed by atoms with E-state index in [1.807, 2.05) is 6.92 Å². The average Bonchev–Trinajstić information content (AvgIpc) is 2.78. The number of hydrogen-bond donors (Lipinski definition) is 3. The van der Waals surface area contributed by atoms with E-state index in [0.717, 1.165) is 9.78 Å². The molecule has 0 aromatic carbocycles. The molecule has 1 rings (SSSR count). The monoisotopic (exact) mass is 326 g/mol. The summed E-state index contributed by atoms with van der Waals surface area (Å²) in [6.07, 6.45) is -6.86. The third-order valence-corrected chi connectivity index (χ3v) is 3.48. The lowest BCUT2D eigenvalue weighted by molar-refractivity contribution is -0.137. The van der Waals surface area contributed by atoms with Crippen molar-refractivity contribution in [1.29, 1.82) is 0 Å². The number of carbonyl (C=O) groups excluding carboxylic acids is 1. The van der Waals surface area contributed by atoms with E-state index < -0.39 is 37.9 Å². The lowest BCUT2D eigenvalue weighted by atomic mass is 10.3. The zero-order valence-electron chi connectivity index (χ0n) is 11.4. The van der Waals surface area contributed by atoms with E-state index in [4.69, 9.17) is 5.11 Å². The first-order valence-electron chi connectivity index (χ1n) is 6.19. The molecule has 1 aromatic heterocycles. The Hall–Kier alpha value is -1.32. The molecule has 21 heavy (non-hydrogen) atoms. The summed E-state index contributed by atoms with van der Waals surface area (Å²) in [5.41, 5.74) is 0. The molecule has 0 aliphatic rings. The smallest absolute Gasteiger partial charge is 0.390 e. The predicted octanol–water partition coefficient (Wildman–Crippen LogP) is 2.20. The normalized spacial score (nSPS) is 13.0. The maximum Gasteiger partial charge on any atom is 0.390 e. The molecule has 2 amide bonds. The molecule has 5 nitrogen and oxygen atoms in total. The predicted molar refractivity (Wildman–Crippen MR) is 73.4 cm³/mol. The number of rotatable bonds is 6. The fourth-order valence-corrected chi connectivity index (χ4v) is 2.29. The van der Waals surface area contributed by atoms with Crippen molar-refractivity contribution in [3.63, 3.8) is 0 Å². The van der Waals surface area contributed by atoms with E-state index in [-0.39, 0.29) is 6.54 Å². The van der Waals surface area contributed by atoms with Crippen LogP contribution in [-0.2, 0) is 0 Å². The summed E-state index contributed by atoms with van der Waals surface area (Å²) >= 11 is 1.29. The largest absolute Gasteiger partial charge is 0.394 e. The second-order valence-corrected chi connectivity index (χ2v) is 5.78. The molecule has 0 fully saturated rings. The van der Waals surface area contributed by atoms with Gasteiger partial charge in [-0.05, 0) is 19.1 Å². The first-order chi connectivity index (χ1) is 9.71. The summed E-state index contributed by atoms with van der Waals surface area (Å²) < 4.78 is 36.8. The van der Waals surface area contributed by atoms with Crippen LogP contribution in [0.2, 0.25) is 0 Å². The highest BCUT2D eigenvalue weighted by Crippen LogP contribution is 2.22. The number of thiophene rings is 1. The minimum atomic E-state index is -4.40. The molecule has 0 aliphatic heterocycles. The van der Waals surface area contributed by atoms with Gasteiger partial charge in [0.05, 0.1) is 30.7 Å². The number of alkyl halides is 3. The quantitative estimate of drug-likeness (QED) is 0.750. The van der Waals surface area contributed by atoms with Crippen LogP contribution < -0.4 is 5.32 Å². The Balaban J connectivity index is 2.67. The molecule has 1 aromatic rings. The Morgan fingerprint density at radius 2 is 2.14 bits per heavy atom. The van der Waals surface area contributed by atoms with Gasteiger partial charge in [0.2, 0.25) is 0 Å². The number of nitrogens with one attached hydrogen (secondary N) is 1. The van der Waals surface area contributed by atoms with Crippen molar-refractivity contribution in [2.75, 3.05) is 25.0 Å². The second kappa shape index (κ2) is 7.62. The fourth-order valence-electron chi connectivity index (χ4n) is 1.54. The summed E-state index contributed by atoms with van der Waals surface area (Å²) in [7, 11) is 0. The zero-order chi connectivity index (χ0) is 16.0. The maximum absolute atomic E-state index is 12.3. The van der Waals surface area contributed by atoms with Gasteiger partial charge in [-0.2, -0.15) is 13.2 Å². The van der Waals surface area contributed by atoms with Gasteiger partial charge in [0, 0.05) is 11.4 Å². The second-order valence-electron chi connectivity index (χ2n) is 4.49. The minimum absolute atomic E-state index is 0.372. The topological polar surface area (TPSA) is 72.8 Å². The van der Waals surface area contributed by atoms with Crippen LogP contribution in [0, 0.1) is 6.92 Å². The first-order valence-corrected chi connectivity index (χ1v) is 7.01. The number of nitrogens with zero attached hydrogens (tertiary/aromatic N) is 1. The van der Waals surface area contributed by atoms with Gasteiger partial charge >= 0.3 is 12.2 Å². The highest BCUT2D eigenvalue weighted by atomic mass is 32.1. The van der Waals surface area contributed by atoms with Gasteiger partial charge in [-0.15, -0.1) is 11.3 Å². The summed E-state index contributed by atoms with van der Waals surface area (Å²) in [5.74, 6) is 0. The van der Waals surface area contributed by atoms with Crippen LogP contribution in [0.25, 0.3) is 0 Å². The van der Waals surface area contributed by atoms with Crippen molar-refractivity contribution < 1.29 is 28.2 Å². The van der Waals surface area contributed by atoms with Gasteiger partial charge in [0.15, 0.2) is 0 Å². The summed E-state index contributed by atoms with van der Waals surface area (Å²) in [6, 6.07) is 2.67. The number of anilines is 1. The molecule has 0 radical (unpaired) electrons. The number of hydrogen-bond acceptors (Lipinski definition) is 4. The Morgan fingerprint density at radius 1 is 1.48 bits per heavy atom. The average molecular weight is 326 g/mol. The summed E-state index contributed by atoms with van der Waals surface area (Å²) in [5, 5.41) is 21.1. The Kier molecular flexibility index (Phi) is 6.43. The van der Waals surface area contributed by atoms with Gasteiger partial charge in [-0.25, -0.2) is 4.79 Å². The van der Waals surface area contributed by atoms with Crippen molar-refractivity contribution in [3.8, 4) is 0 Å². The highest BCUT2D eigenvalue weighted by Gasteiger charge is 2.29. The van der Waals surface area contributed by atoms with Crippen LogP contribution >= 0.6 is 11.3 Å². The number of aliphatic hydroxyl groups is 2. The first kappa shape index (κ1) is 17.7. The van der Waals surface area contributed by atoms with E-state index in [1.165, 1.54) is 11.3 Å². The van der Waals surface area contributed by atoms with Crippen molar-refractivity contribution in [3.05, 3.63) is 17.0 Å². The van der Waals surface area contributed by atoms with E-state index in [0.29, 0.717) is 5.00 Å². The van der Waals surface area contributed by atoms with Crippen LogP contribution in [0.15, 0.2) is 12.1 Å². The molecule has 1 atom stereocenters. The lowest BCUT2D eigenvalue weighted by Crippen LogP contribution is -2.42. The minimum Gasteiger partial charge on any atom is -0.394 e. The molecule has 0 spiro atoms. The van der Waals surface area contributed by atoms with Crippen LogP contribution in [0.4, 0.5) is 23.0 Å². The van der Waals surface area contributed by atoms with Crippen molar-refractivity contribution in [2.45, 2.75) is 25.6 Å². The maximum atomic E-state index is 12.3. The molecular formula is C12H17F3N2O3S. The molecule has 3 N–H and O–H groups in total. The van der Waals surface area contributed by atoms with E-state index >= 15 is 0 Å². The number of halogens is 3. The molecule has 0 bridgehead atoms. The lowest BCUT2D eigenvalue weighted by Gasteiger charge is -2.25. The third kappa shape index (κ3) is 6.78. The van der Waals surface area contributed by atoms with Crippen LogP contribution in [0.5, 0.6) is 0 Å². The molecule has 0 saturated heterocycles. The van der Waals surface area contributed by atoms with Crippen LogP contribution in [0.3, 0.4) is 0 Å². The number of aliphatic hydroxyl groups excluding tert-OH is 2. The third-order valence-electron chi connectivity index (χ3n) is 2.56. The molecule has 1 heterocycles. The van der Waals surface area contributed by atoms with Gasteiger partial charge in [-0.1, -0.05) is 0 Å². The zero-order valence-corrected chi connectivity index (χ0v) is 12.2. The SMILES string of the molecule is Cc1ccc(NC(=O)N(CCC(F)(F)F)C[C@H](O)CO)s1. The highest BCUT2D eigenvalue weighted by molar-refractivity contribution is 7.16. The van der Waals surface area contributed by atoms with Crippen molar-refractivity contribution >= 4 is 22.4 Å². The summed E-state index contributed by atoms with van der Waals surface area (Å²) in [4.78, 5) is 13.7. The van der Waals surface area contributed by atoms with Crippen LogP contribution in [0.1, 0.15) is 11.3 Å². The van der Waals surface area contributed by atoms with Gasteiger partial charge in [0.1, 0.15) is 0 Å². The van der Waals surface area contributed by atoms with Gasteiger partial charge in [0.25, 0.3) is 0 Å². The molecule has 9 heteroatoms. The Morgan fingerprint density at radius 3 is 2.62 bits per heavy atom. The standard InChI is InChI=1S/C12H17F3N2O3S/c1-8-2-3-10(21-8)16-11(20)17(6-9(19)7-18)5-4-12(13,14)15/h2-3,9,18-19H,4-7H2,1H3,(H,16,20)/t9-/m0/s1. The number of amides is 2. The van der Waals surface area contributed by atoms with Gasteiger partial charge < -0.3 is 15.1 Å². The fraction of sp³-hybridized carbons (Fsp3) is 0.583. The number of urea groups is 1. The molecular weight excluding hydrogens is 309 g/mol. The van der Waals surface area contributed by atoms with E-state index in [2.05, 4.69) is 5.32 Å². The van der Waals surface area contributed by atoms with Crippen molar-refractivity contribution in [1.82, 2.24) is 4.90 Å². The van der Waals surface area contributed by atoms with Crippen LogP contribution in [-0.4, -0.2) is 53.1 Å².